The smallest absolute Gasteiger partial charge is 0.335 e. The quantitative estimate of drug-likeness (QED) is 0.675. The van der Waals surface area contributed by atoms with Crippen molar-refractivity contribution in [1.82, 2.24) is 4.90 Å². The molecule has 5 nitrogen and oxygen atoms in total. The van der Waals surface area contributed by atoms with Crippen LogP contribution in [0.5, 0.6) is 0 Å². The molecule has 0 bridgehead atoms. The number of hydrogen-bond donors (Lipinski definition) is 2. The molecule has 2 rings (SSSR count). The van der Waals surface area contributed by atoms with Gasteiger partial charge in [0.15, 0.2) is 0 Å². The fourth-order valence-corrected chi connectivity index (χ4v) is 3.50. The van der Waals surface area contributed by atoms with E-state index in [1.807, 2.05) is 12.1 Å². The maximum Gasteiger partial charge on any atom is 0.335 e. The van der Waals surface area contributed by atoms with Crippen molar-refractivity contribution in [3.05, 3.63) is 35.4 Å². The molecule has 24 heavy (non-hydrogen) atoms. The Bertz CT molecular complexity index is 561. The molecule has 0 radical (unpaired) electrons. The zero-order valence-electron chi connectivity index (χ0n) is 14.3. The van der Waals surface area contributed by atoms with E-state index in [4.69, 9.17) is 5.11 Å². The van der Waals surface area contributed by atoms with Crippen LogP contribution in [0.2, 0.25) is 6.32 Å². The van der Waals surface area contributed by atoms with Gasteiger partial charge < -0.3 is 15.1 Å². The van der Waals surface area contributed by atoms with Crippen LogP contribution in [0.15, 0.2) is 24.3 Å². The van der Waals surface area contributed by atoms with E-state index in [1.54, 1.807) is 12.1 Å². The van der Waals surface area contributed by atoms with E-state index < -0.39 is 11.9 Å². The van der Waals surface area contributed by atoms with Crippen LogP contribution in [-0.2, 0) is 11.2 Å². The Labute approximate surface area is 144 Å². The molecule has 0 unspecified atom stereocenters. The minimum absolute atomic E-state index is 0.230. The summed E-state index contributed by atoms with van der Waals surface area (Å²) in [6, 6.07) is 6.98. The Morgan fingerprint density at radius 2 is 1.83 bits per heavy atom. The van der Waals surface area contributed by atoms with Crippen molar-refractivity contribution in [3.8, 4) is 0 Å². The molecule has 2 N–H and O–H groups in total. The lowest BCUT2D eigenvalue weighted by Crippen LogP contribution is -2.24. The van der Waals surface area contributed by atoms with Gasteiger partial charge in [0.1, 0.15) is 7.85 Å². The Morgan fingerprint density at radius 3 is 2.42 bits per heavy atom. The summed E-state index contributed by atoms with van der Waals surface area (Å²) in [5.41, 5.74) is 1.43. The lowest BCUT2D eigenvalue weighted by atomic mass is 9.88. The SMILES string of the molecule is BCCC[C@H]1CN(CCCc2ccc(C(=O)O)cc2)C[C@H]1C(=O)O. The van der Waals surface area contributed by atoms with Crippen LogP contribution in [-0.4, -0.2) is 54.5 Å². The fraction of sp³-hybridized carbons (Fsp3) is 0.556. The summed E-state index contributed by atoms with van der Waals surface area (Å²) >= 11 is 0. The third kappa shape index (κ3) is 5.10. The van der Waals surface area contributed by atoms with Crippen LogP contribution in [0.25, 0.3) is 0 Å². The second-order valence-electron chi connectivity index (χ2n) is 6.71. The van der Waals surface area contributed by atoms with Gasteiger partial charge in [0.2, 0.25) is 0 Å². The number of likely N-dealkylation sites (tertiary alicyclic amines) is 1. The van der Waals surface area contributed by atoms with Crippen LogP contribution in [0, 0.1) is 11.8 Å². The van der Waals surface area contributed by atoms with E-state index >= 15 is 0 Å². The van der Waals surface area contributed by atoms with E-state index in [0.717, 1.165) is 50.7 Å². The number of aromatic carboxylic acids is 1. The lowest BCUT2D eigenvalue weighted by molar-refractivity contribution is -0.142. The highest BCUT2D eigenvalue weighted by Gasteiger charge is 2.36. The molecule has 0 amide bonds. The van der Waals surface area contributed by atoms with E-state index in [0.29, 0.717) is 12.1 Å². The summed E-state index contributed by atoms with van der Waals surface area (Å²) in [7, 11) is 2.14. The zero-order chi connectivity index (χ0) is 17.5. The Morgan fingerprint density at radius 1 is 1.12 bits per heavy atom. The molecule has 0 saturated carbocycles. The summed E-state index contributed by atoms with van der Waals surface area (Å²) < 4.78 is 0. The Kier molecular flexibility index (Phi) is 6.85. The molecule has 1 aromatic carbocycles. The molecule has 0 aliphatic carbocycles. The van der Waals surface area contributed by atoms with Gasteiger partial charge in [-0.25, -0.2) is 4.79 Å². The number of aryl methyl sites for hydroxylation is 1. The van der Waals surface area contributed by atoms with Crippen molar-refractivity contribution in [2.45, 2.75) is 32.0 Å². The van der Waals surface area contributed by atoms with E-state index in [9.17, 15) is 14.7 Å². The van der Waals surface area contributed by atoms with Crippen molar-refractivity contribution >= 4 is 19.8 Å². The van der Waals surface area contributed by atoms with Crippen LogP contribution < -0.4 is 0 Å². The van der Waals surface area contributed by atoms with E-state index in [-0.39, 0.29) is 11.8 Å². The largest absolute Gasteiger partial charge is 0.481 e. The first-order valence-electron chi connectivity index (χ1n) is 8.78. The van der Waals surface area contributed by atoms with Crippen LogP contribution in [0.1, 0.15) is 35.2 Å². The van der Waals surface area contributed by atoms with Gasteiger partial charge in [-0.3, -0.25) is 4.79 Å². The molecule has 0 aromatic heterocycles. The van der Waals surface area contributed by atoms with Crippen molar-refractivity contribution in [2.75, 3.05) is 19.6 Å². The maximum absolute atomic E-state index is 11.4. The van der Waals surface area contributed by atoms with Gasteiger partial charge in [-0.2, -0.15) is 0 Å². The van der Waals surface area contributed by atoms with E-state index in [2.05, 4.69) is 12.7 Å². The molecule has 0 spiro atoms. The molecular weight excluding hydrogens is 305 g/mol. The first kappa shape index (κ1) is 18.5. The Balaban J connectivity index is 1.79. The minimum Gasteiger partial charge on any atom is -0.481 e. The molecule has 130 valence electrons. The Hall–Kier alpha value is -1.82. The number of nitrogens with zero attached hydrogens (tertiary/aromatic N) is 1. The predicted octanol–water partition coefficient (Wildman–Crippen LogP) is 1.78. The van der Waals surface area contributed by atoms with Gasteiger partial charge in [0.05, 0.1) is 11.5 Å². The van der Waals surface area contributed by atoms with Crippen molar-refractivity contribution < 1.29 is 19.8 Å². The number of carboxylic acids is 2. The van der Waals surface area contributed by atoms with Crippen LogP contribution in [0.4, 0.5) is 0 Å². The summed E-state index contributed by atoms with van der Waals surface area (Å²) in [6.07, 6.45) is 5.04. The molecule has 1 aromatic rings. The van der Waals surface area contributed by atoms with Crippen LogP contribution in [0.3, 0.4) is 0 Å². The average Bonchev–Trinajstić information content (AvgIpc) is 2.97. The van der Waals surface area contributed by atoms with E-state index in [1.165, 1.54) is 0 Å². The van der Waals surface area contributed by atoms with Crippen molar-refractivity contribution in [2.24, 2.45) is 11.8 Å². The highest BCUT2D eigenvalue weighted by Crippen LogP contribution is 2.28. The maximum atomic E-state index is 11.4. The molecule has 1 aliphatic heterocycles. The minimum atomic E-state index is -0.906. The number of carboxylic acid groups (broad SMARTS) is 2. The zero-order valence-corrected chi connectivity index (χ0v) is 14.3. The molecule has 1 aliphatic rings. The number of rotatable bonds is 9. The van der Waals surface area contributed by atoms with Gasteiger partial charge in [-0.15, -0.1) is 0 Å². The standard InChI is InChI=1S/C18H26BNO4/c19-9-1-4-15-11-20(12-16(15)18(23)24)10-2-3-13-5-7-14(8-6-13)17(21)22/h5-8,15-16H,1-4,9-12,19H2,(H,21,22)(H,23,24)/t15-,16+/m0/s1. The third-order valence-electron chi connectivity index (χ3n) is 4.90. The van der Waals surface area contributed by atoms with Gasteiger partial charge in [0, 0.05) is 13.1 Å². The van der Waals surface area contributed by atoms with Gasteiger partial charge in [-0.1, -0.05) is 24.9 Å². The molecule has 1 heterocycles. The molecular formula is C18H26BNO4. The fourth-order valence-electron chi connectivity index (χ4n) is 3.50. The van der Waals surface area contributed by atoms with Gasteiger partial charge in [0.25, 0.3) is 0 Å². The average molecular weight is 331 g/mol. The number of carbonyl (C=O) groups is 2. The molecule has 1 saturated heterocycles. The number of hydrogen-bond acceptors (Lipinski definition) is 3. The summed E-state index contributed by atoms with van der Waals surface area (Å²) in [4.78, 5) is 24.5. The van der Waals surface area contributed by atoms with Crippen LogP contribution >= 0.6 is 0 Å². The topological polar surface area (TPSA) is 77.8 Å². The monoisotopic (exact) mass is 331 g/mol. The van der Waals surface area contributed by atoms with Gasteiger partial charge >= 0.3 is 11.9 Å². The molecule has 6 heteroatoms. The highest BCUT2D eigenvalue weighted by atomic mass is 16.4. The second kappa shape index (κ2) is 8.88. The summed E-state index contributed by atoms with van der Waals surface area (Å²) in [5.74, 6) is -1.52. The van der Waals surface area contributed by atoms with Crippen molar-refractivity contribution in [3.63, 3.8) is 0 Å². The van der Waals surface area contributed by atoms with Crippen molar-refractivity contribution in [1.29, 1.82) is 0 Å². The number of aliphatic carboxylic acids is 1. The first-order valence-corrected chi connectivity index (χ1v) is 8.78. The predicted molar refractivity (Wildman–Crippen MR) is 95.4 cm³/mol. The second-order valence-corrected chi connectivity index (χ2v) is 6.71. The summed E-state index contributed by atoms with van der Waals surface area (Å²) in [6.45, 7) is 2.43. The number of benzene rings is 1. The first-order chi connectivity index (χ1) is 11.5. The highest BCUT2D eigenvalue weighted by molar-refractivity contribution is 6.08. The van der Waals surface area contributed by atoms with Gasteiger partial charge in [-0.05, 0) is 49.4 Å². The molecule has 2 atom stereocenters. The summed E-state index contributed by atoms with van der Waals surface area (Å²) in [5, 5.41) is 18.3. The molecule has 1 fully saturated rings. The third-order valence-corrected chi connectivity index (χ3v) is 4.90. The normalized spacial score (nSPS) is 21.0. The lowest BCUT2D eigenvalue weighted by Gasteiger charge is -2.15.